The molecule has 0 aromatic rings. The highest BCUT2D eigenvalue weighted by Gasteiger charge is 2.65. The molecule has 1 unspecified atom stereocenters. The van der Waals surface area contributed by atoms with Gasteiger partial charge in [0.05, 0.1) is 24.2 Å². The van der Waals surface area contributed by atoms with Crippen LogP contribution in [0.3, 0.4) is 0 Å². The van der Waals surface area contributed by atoms with Crippen molar-refractivity contribution in [2.75, 3.05) is 0 Å². The number of hydrogen-bond acceptors (Lipinski definition) is 4. The lowest BCUT2D eigenvalue weighted by Crippen LogP contribution is -2.62. The summed E-state index contributed by atoms with van der Waals surface area (Å²) in [6, 6.07) is 0. The average Bonchev–Trinajstić information content (AvgIpc) is 3.08. The minimum atomic E-state index is -0.715. The predicted molar refractivity (Wildman–Crippen MR) is 124 cm³/mol. The summed E-state index contributed by atoms with van der Waals surface area (Å²) in [5.41, 5.74) is -0.0561. The number of aliphatic hydroxyl groups excluding tert-OH is 3. The molecule has 184 valence electrons. The van der Waals surface area contributed by atoms with Crippen molar-refractivity contribution in [1.29, 1.82) is 0 Å². The van der Waals surface area contributed by atoms with Gasteiger partial charge in [0, 0.05) is 0 Å². The van der Waals surface area contributed by atoms with Gasteiger partial charge in [-0.15, -0.1) is 0 Å². The summed E-state index contributed by atoms with van der Waals surface area (Å²) >= 11 is 0. The largest absolute Gasteiger partial charge is 0.481 e. The molecule has 5 heteroatoms. The van der Waals surface area contributed by atoms with Crippen molar-refractivity contribution in [3.8, 4) is 0 Å². The standard InChI is InChI=1S/C27H46O5/c1-15(6-5-7-16(2)25(31)32)19-8-9-20-24-21(14-23(30)27(19,20)4)26(3)11-10-18(28)12-17(26)13-22(24)29/h15-24,28-30H,5-14H2,1-4H3,(H,31,32)/t15-,16?,17+,18+,19-,20+,21+,22-,23+,24+,26+,27-/m1/s1. The van der Waals surface area contributed by atoms with E-state index < -0.39 is 5.97 Å². The molecule has 0 heterocycles. The van der Waals surface area contributed by atoms with E-state index in [2.05, 4.69) is 20.8 Å². The van der Waals surface area contributed by atoms with Crippen LogP contribution < -0.4 is 0 Å². The second-order valence-electron chi connectivity index (χ2n) is 12.7. The van der Waals surface area contributed by atoms with E-state index in [1.807, 2.05) is 0 Å². The van der Waals surface area contributed by atoms with E-state index in [0.717, 1.165) is 57.8 Å². The zero-order valence-electron chi connectivity index (χ0n) is 20.5. The lowest BCUT2D eigenvalue weighted by atomic mass is 9.43. The minimum Gasteiger partial charge on any atom is -0.481 e. The first-order chi connectivity index (χ1) is 15.0. The summed E-state index contributed by atoms with van der Waals surface area (Å²) in [5.74, 6) is 1.16. The van der Waals surface area contributed by atoms with E-state index in [4.69, 9.17) is 0 Å². The Morgan fingerprint density at radius 1 is 0.969 bits per heavy atom. The van der Waals surface area contributed by atoms with E-state index >= 15 is 0 Å². The quantitative estimate of drug-likeness (QED) is 0.478. The van der Waals surface area contributed by atoms with Crippen molar-refractivity contribution in [2.24, 2.45) is 52.3 Å². The fourth-order valence-corrected chi connectivity index (χ4v) is 9.20. The molecule has 0 bridgehead atoms. The van der Waals surface area contributed by atoms with Crippen LogP contribution in [0.4, 0.5) is 0 Å². The van der Waals surface area contributed by atoms with Crippen LogP contribution in [0, 0.1) is 52.3 Å². The number of fused-ring (bicyclic) bond motifs is 5. The summed E-state index contributed by atoms with van der Waals surface area (Å²) in [7, 11) is 0. The van der Waals surface area contributed by atoms with Crippen LogP contribution in [0.2, 0.25) is 0 Å². The number of carboxylic acid groups (broad SMARTS) is 1. The normalized spacial score (nSPS) is 50.1. The second kappa shape index (κ2) is 8.85. The lowest BCUT2D eigenvalue weighted by molar-refractivity contribution is -0.207. The molecule has 4 fully saturated rings. The van der Waals surface area contributed by atoms with Crippen LogP contribution in [-0.4, -0.2) is 44.7 Å². The number of hydrogen-bond donors (Lipinski definition) is 4. The molecule has 4 N–H and O–H groups in total. The van der Waals surface area contributed by atoms with Gasteiger partial charge in [-0.25, -0.2) is 0 Å². The van der Waals surface area contributed by atoms with Gasteiger partial charge in [0.2, 0.25) is 0 Å². The van der Waals surface area contributed by atoms with Gasteiger partial charge in [-0.2, -0.15) is 0 Å². The second-order valence-corrected chi connectivity index (χ2v) is 12.7. The minimum absolute atomic E-state index is 0.113. The molecule has 4 aliphatic rings. The summed E-state index contributed by atoms with van der Waals surface area (Å²) in [6.07, 6.45) is 8.11. The van der Waals surface area contributed by atoms with E-state index in [1.165, 1.54) is 0 Å². The summed E-state index contributed by atoms with van der Waals surface area (Å²) in [4.78, 5) is 11.2. The molecular formula is C27H46O5. The zero-order chi connectivity index (χ0) is 23.4. The Balaban J connectivity index is 1.51. The van der Waals surface area contributed by atoms with Gasteiger partial charge in [-0.3, -0.25) is 4.79 Å². The molecule has 4 aliphatic carbocycles. The Morgan fingerprint density at radius 3 is 2.38 bits per heavy atom. The highest BCUT2D eigenvalue weighted by molar-refractivity contribution is 5.69. The molecule has 0 aromatic heterocycles. The highest BCUT2D eigenvalue weighted by atomic mass is 16.4. The van der Waals surface area contributed by atoms with Crippen molar-refractivity contribution in [1.82, 2.24) is 0 Å². The highest BCUT2D eigenvalue weighted by Crippen LogP contribution is 2.68. The SMILES string of the molecule is CC(CCC[C@@H](C)[C@H]1CC[C@H]2[C@@H]3[C@H](O)C[C@@H]4C[C@@H](O)CC[C@]4(C)[C@H]3C[C@H](O)[C@]12C)C(=O)O. The third kappa shape index (κ3) is 3.84. The van der Waals surface area contributed by atoms with Gasteiger partial charge < -0.3 is 20.4 Å². The molecule has 0 spiro atoms. The van der Waals surface area contributed by atoms with Gasteiger partial charge in [0.25, 0.3) is 0 Å². The Hall–Kier alpha value is -0.650. The molecule has 0 radical (unpaired) electrons. The number of carbonyl (C=O) groups is 1. The molecule has 5 nitrogen and oxygen atoms in total. The van der Waals surface area contributed by atoms with Crippen LogP contribution >= 0.6 is 0 Å². The predicted octanol–water partition coefficient (Wildman–Crippen LogP) is 4.47. The van der Waals surface area contributed by atoms with E-state index in [9.17, 15) is 25.2 Å². The molecule has 0 amide bonds. The summed E-state index contributed by atoms with van der Waals surface area (Å²) in [5, 5.41) is 42.4. The zero-order valence-corrected chi connectivity index (χ0v) is 20.5. The summed E-state index contributed by atoms with van der Waals surface area (Å²) in [6.45, 7) is 8.74. The van der Waals surface area contributed by atoms with Gasteiger partial charge in [-0.05, 0) is 97.7 Å². The fraction of sp³-hybridized carbons (Fsp3) is 0.963. The average molecular weight is 451 g/mol. The third-order valence-electron chi connectivity index (χ3n) is 11.2. The monoisotopic (exact) mass is 450 g/mol. The number of carboxylic acids is 1. The Labute approximate surface area is 194 Å². The first-order valence-electron chi connectivity index (χ1n) is 13.3. The van der Waals surface area contributed by atoms with Gasteiger partial charge >= 0.3 is 5.97 Å². The fourth-order valence-electron chi connectivity index (χ4n) is 9.20. The molecule has 0 aliphatic heterocycles. The molecule has 4 rings (SSSR count). The number of rotatable bonds is 6. The molecule has 0 saturated heterocycles. The van der Waals surface area contributed by atoms with E-state index in [0.29, 0.717) is 36.0 Å². The van der Waals surface area contributed by atoms with Crippen molar-refractivity contribution in [2.45, 2.75) is 110 Å². The van der Waals surface area contributed by atoms with Crippen LogP contribution in [0.1, 0.15) is 91.9 Å². The third-order valence-corrected chi connectivity index (χ3v) is 11.2. The van der Waals surface area contributed by atoms with Crippen LogP contribution in [0.15, 0.2) is 0 Å². The first kappa shape index (κ1) is 24.5. The van der Waals surface area contributed by atoms with Crippen molar-refractivity contribution < 1.29 is 25.2 Å². The number of aliphatic carboxylic acids is 1. The molecule has 4 saturated carbocycles. The van der Waals surface area contributed by atoms with E-state index in [1.54, 1.807) is 6.92 Å². The maximum atomic E-state index is 11.6. The summed E-state index contributed by atoms with van der Waals surface area (Å²) < 4.78 is 0. The maximum absolute atomic E-state index is 11.6. The lowest BCUT2D eigenvalue weighted by Gasteiger charge is -2.63. The van der Waals surface area contributed by atoms with Crippen molar-refractivity contribution in [3.05, 3.63) is 0 Å². The molecular weight excluding hydrogens is 404 g/mol. The Morgan fingerprint density at radius 2 is 1.69 bits per heavy atom. The van der Waals surface area contributed by atoms with Crippen LogP contribution in [0.5, 0.6) is 0 Å². The molecule has 32 heavy (non-hydrogen) atoms. The van der Waals surface area contributed by atoms with Crippen molar-refractivity contribution in [3.63, 3.8) is 0 Å². The molecule has 12 atom stereocenters. The Bertz CT molecular complexity index is 696. The molecule has 0 aromatic carbocycles. The first-order valence-corrected chi connectivity index (χ1v) is 13.3. The van der Waals surface area contributed by atoms with Crippen molar-refractivity contribution >= 4 is 5.97 Å². The smallest absolute Gasteiger partial charge is 0.306 e. The van der Waals surface area contributed by atoms with Crippen LogP contribution in [0.25, 0.3) is 0 Å². The van der Waals surface area contributed by atoms with Gasteiger partial charge in [-0.1, -0.05) is 40.5 Å². The topological polar surface area (TPSA) is 98.0 Å². The van der Waals surface area contributed by atoms with Gasteiger partial charge in [0.1, 0.15) is 0 Å². The van der Waals surface area contributed by atoms with Crippen LogP contribution in [-0.2, 0) is 4.79 Å². The van der Waals surface area contributed by atoms with Gasteiger partial charge in [0.15, 0.2) is 0 Å². The Kier molecular flexibility index (Phi) is 6.77. The number of aliphatic hydroxyl groups is 3. The van der Waals surface area contributed by atoms with E-state index in [-0.39, 0.29) is 41.0 Å². The maximum Gasteiger partial charge on any atom is 0.306 e.